The van der Waals surface area contributed by atoms with E-state index in [9.17, 15) is 4.79 Å². The first-order valence-corrected chi connectivity index (χ1v) is 7.15. The molecule has 2 aromatic carbocycles. The van der Waals surface area contributed by atoms with Crippen LogP contribution < -0.4 is 10.1 Å². The fourth-order valence-corrected chi connectivity index (χ4v) is 2.06. The quantitative estimate of drug-likeness (QED) is 0.828. The van der Waals surface area contributed by atoms with E-state index in [1.165, 1.54) is 11.1 Å². The molecule has 0 aliphatic carbocycles. The first-order chi connectivity index (χ1) is 10.1. The van der Waals surface area contributed by atoms with Crippen molar-refractivity contribution < 1.29 is 9.53 Å². The second kappa shape index (κ2) is 7.48. The smallest absolute Gasteiger partial charge is 0.224 e. The summed E-state index contributed by atoms with van der Waals surface area (Å²) < 4.78 is 5.57. The molecule has 3 heteroatoms. The Morgan fingerprint density at radius 2 is 1.81 bits per heavy atom. The number of nitrogens with one attached hydrogen (secondary N) is 1. The van der Waals surface area contributed by atoms with Crippen molar-refractivity contribution in [2.45, 2.75) is 20.3 Å². The lowest BCUT2D eigenvalue weighted by Crippen LogP contribution is -2.29. The predicted molar refractivity (Wildman–Crippen MR) is 84.6 cm³/mol. The fraction of sp³-hybridized carbons (Fsp3) is 0.278. The number of carbonyl (C=O) groups is 1. The molecule has 0 aromatic heterocycles. The topological polar surface area (TPSA) is 38.3 Å². The van der Waals surface area contributed by atoms with E-state index < -0.39 is 0 Å². The minimum Gasteiger partial charge on any atom is -0.492 e. The Morgan fingerprint density at radius 1 is 1.05 bits per heavy atom. The van der Waals surface area contributed by atoms with E-state index >= 15 is 0 Å². The first-order valence-electron chi connectivity index (χ1n) is 7.15. The highest BCUT2D eigenvalue weighted by atomic mass is 16.5. The van der Waals surface area contributed by atoms with Crippen molar-refractivity contribution in [1.82, 2.24) is 5.32 Å². The molecule has 0 fully saturated rings. The molecule has 0 heterocycles. The third-order valence-corrected chi connectivity index (χ3v) is 3.16. The summed E-state index contributed by atoms with van der Waals surface area (Å²) in [5, 5.41) is 2.87. The largest absolute Gasteiger partial charge is 0.492 e. The zero-order valence-electron chi connectivity index (χ0n) is 12.6. The monoisotopic (exact) mass is 283 g/mol. The van der Waals surface area contributed by atoms with E-state index in [4.69, 9.17) is 4.74 Å². The van der Waals surface area contributed by atoms with Crippen LogP contribution in [0, 0.1) is 13.8 Å². The Kier molecular flexibility index (Phi) is 5.38. The Morgan fingerprint density at radius 3 is 2.52 bits per heavy atom. The summed E-state index contributed by atoms with van der Waals surface area (Å²) in [7, 11) is 0. The Labute approximate surface area is 126 Å². The molecule has 1 N–H and O–H groups in total. The Bertz CT molecular complexity index is 590. The van der Waals surface area contributed by atoms with E-state index in [1.54, 1.807) is 0 Å². The average Bonchev–Trinajstić information content (AvgIpc) is 2.45. The van der Waals surface area contributed by atoms with Crippen LogP contribution in [0.1, 0.15) is 16.7 Å². The van der Waals surface area contributed by atoms with E-state index in [0.717, 1.165) is 11.3 Å². The van der Waals surface area contributed by atoms with Gasteiger partial charge in [-0.2, -0.15) is 0 Å². The molecule has 0 saturated heterocycles. The normalized spacial score (nSPS) is 10.2. The van der Waals surface area contributed by atoms with E-state index in [0.29, 0.717) is 19.6 Å². The molecule has 110 valence electrons. The van der Waals surface area contributed by atoms with Gasteiger partial charge in [-0.25, -0.2) is 0 Å². The van der Waals surface area contributed by atoms with Gasteiger partial charge in [0.25, 0.3) is 0 Å². The van der Waals surface area contributed by atoms with Crippen molar-refractivity contribution >= 4 is 5.91 Å². The highest BCUT2D eigenvalue weighted by Gasteiger charge is 2.03. The molecule has 0 unspecified atom stereocenters. The van der Waals surface area contributed by atoms with E-state index in [2.05, 4.69) is 5.32 Å². The molecule has 0 saturated carbocycles. The van der Waals surface area contributed by atoms with Crippen LogP contribution in [0.2, 0.25) is 0 Å². The summed E-state index contributed by atoms with van der Waals surface area (Å²) in [4.78, 5) is 11.8. The van der Waals surface area contributed by atoms with Crippen LogP contribution in [0.5, 0.6) is 5.75 Å². The molecule has 0 spiro atoms. The highest BCUT2D eigenvalue weighted by Crippen LogP contribution is 2.10. The first kappa shape index (κ1) is 15.1. The van der Waals surface area contributed by atoms with Gasteiger partial charge >= 0.3 is 0 Å². The number of benzene rings is 2. The SMILES string of the molecule is Cc1ccc(OCCNC(=O)Cc2cccc(C)c2)cc1. The van der Waals surface area contributed by atoms with Gasteiger partial charge < -0.3 is 10.1 Å². The van der Waals surface area contributed by atoms with Crippen LogP contribution in [0.25, 0.3) is 0 Å². The third kappa shape index (κ3) is 5.30. The maximum Gasteiger partial charge on any atom is 0.224 e. The second-order valence-electron chi connectivity index (χ2n) is 5.18. The van der Waals surface area contributed by atoms with Gasteiger partial charge in [-0.3, -0.25) is 4.79 Å². The van der Waals surface area contributed by atoms with Gasteiger partial charge in [0, 0.05) is 0 Å². The maximum absolute atomic E-state index is 11.8. The fourth-order valence-electron chi connectivity index (χ4n) is 2.06. The summed E-state index contributed by atoms with van der Waals surface area (Å²) in [5.41, 5.74) is 3.41. The van der Waals surface area contributed by atoms with Gasteiger partial charge in [0.05, 0.1) is 13.0 Å². The predicted octanol–water partition coefficient (Wildman–Crippen LogP) is 3.04. The van der Waals surface area contributed by atoms with Crippen molar-refractivity contribution in [3.63, 3.8) is 0 Å². The van der Waals surface area contributed by atoms with Crippen LogP contribution in [-0.4, -0.2) is 19.1 Å². The molecule has 0 aliphatic rings. The summed E-state index contributed by atoms with van der Waals surface area (Å²) in [6.07, 6.45) is 0.409. The summed E-state index contributed by atoms with van der Waals surface area (Å²) >= 11 is 0. The minimum absolute atomic E-state index is 0.0214. The Balaban J connectivity index is 1.68. The summed E-state index contributed by atoms with van der Waals surface area (Å²) in [6, 6.07) is 15.9. The number of aryl methyl sites for hydroxylation is 2. The molecule has 21 heavy (non-hydrogen) atoms. The van der Waals surface area contributed by atoms with Crippen molar-refractivity contribution in [3.05, 3.63) is 65.2 Å². The van der Waals surface area contributed by atoms with Crippen molar-refractivity contribution in [2.24, 2.45) is 0 Å². The maximum atomic E-state index is 11.8. The lowest BCUT2D eigenvalue weighted by molar-refractivity contribution is -0.120. The molecule has 2 rings (SSSR count). The number of hydrogen-bond acceptors (Lipinski definition) is 2. The van der Waals surface area contributed by atoms with Crippen molar-refractivity contribution in [3.8, 4) is 5.75 Å². The van der Waals surface area contributed by atoms with Crippen LogP contribution in [0.3, 0.4) is 0 Å². The standard InChI is InChI=1S/C18H21NO2/c1-14-6-8-17(9-7-14)21-11-10-19-18(20)13-16-5-3-4-15(2)12-16/h3-9,12H,10-11,13H2,1-2H3,(H,19,20). The van der Waals surface area contributed by atoms with Gasteiger partial charge in [-0.1, -0.05) is 47.5 Å². The molecular weight excluding hydrogens is 262 g/mol. The zero-order chi connectivity index (χ0) is 15.1. The van der Waals surface area contributed by atoms with Crippen LogP contribution >= 0.6 is 0 Å². The van der Waals surface area contributed by atoms with Crippen molar-refractivity contribution in [2.75, 3.05) is 13.2 Å². The second-order valence-corrected chi connectivity index (χ2v) is 5.18. The number of hydrogen-bond donors (Lipinski definition) is 1. The molecule has 3 nitrogen and oxygen atoms in total. The number of carbonyl (C=O) groups excluding carboxylic acids is 1. The van der Waals surface area contributed by atoms with Gasteiger partial charge in [0.2, 0.25) is 5.91 Å². The third-order valence-electron chi connectivity index (χ3n) is 3.16. The highest BCUT2D eigenvalue weighted by molar-refractivity contribution is 5.78. The van der Waals surface area contributed by atoms with Gasteiger partial charge in [0.1, 0.15) is 12.4 Å². The molecule has 0 atom stereocenters. The van der Waals surface area contributed by atoms with Gasteiger partial charge in [-0.15, -0.1) is 0 Å². The lowest BCUT2D eigenvalue weighted by Gasteiger charge is -2.08. The average molecular weight is 283 g/mol. The molecule has 1 amide bonds. The number of ether oxygens (including phenoxy) is 1. The van der Waals surface area contributed by atoms with Gasteiger partial charge in [0.15, 0.2) is 0 Å². The number of rotatable bonds is 6. The molecular formula is C18H21NO2. The van der Waals surface area contributed by atoms with Crippen LogP contribution in [0.15, 0.2) is 48.5 Å². The zero-order valence-corrected chi connectivity index (χ0v) is 12.6. The molecule has 0 radical (unpaired) electrons. The van der Waals surface area contributed by atoms with E-state index in [-0.39, 0.29) is 5.91 Å². The van der Waals surface area contributed by atoms with E-state index in [1.807, 2.05) is 62.4 Å². The minimum atomic E-state index is 0.0214. The lowest BCUT2D eigenvalue weighted by atomic mass is 10.1. The molecule has 0 bridgehead atoms. The van der Waals surface area contributed by atoms with Crippen LogP contribution in [-0.2, 0) is 11.2 Å². The molecule has 2 aromatic rings. The summed E-state index contributed by atoms with van der Waals surface area (Å²) in [6.45, 7) is 5.05. The Hall–Kier alpha value is -2.29. The molecule has 0 aliphatic heterocycles. The van der Waals surface area contributed by atoms with Crippen LogP contribution in [0.4, 0.5) is 0 Å². The number of amides is 1. The van der Waals surface area contributed by atoms with Gasteiger partial charge in [-0.05, 0) is 31.5 Å². The van der Waals surface area contributed by atoms with Crippen molar-refractivity contribution in [1.29, 1.82) is 0 Å². The summed E-state index contributed by atoms with van der Waals surface area (Å²) in [5.74, 6) is 0.849.